The first-order valence-electron chi connectivity index (χ1n) is 10.5. The molecule has 0 unspecified atom stereocenters. The Balaban J connectivity index is 1.74. The third-order valence-corrected chi connectivity index (χ3v) is 5.84. The molecule has 2 amide bonds. The molecule has 7 heteroatoms. The maximum Gasteiger partial charge on any atom is 0.267 e. The maximum atomic E-state index is 13.3. The summed E-state index contributed by atoms with van der Waals surface area (Å²) >= 11 is 0. The highest BCUT2D eigenvalue weighted by Gasteiger charge is 2.26. The number of likely N-dealkylation sites (N-methyl/N-ethyl adjacent to an activating group) is 1. The molecule has 0 saturated heterocycles. The van der Waals surface area contributed by atoms with E-state index < -0.39 is 0 Å². The van der Waals surface area contributed by atoms with Crippen LogP contribution in [0.15, 0.2) is 48.7 Å². The summed E-state index contributed by atoms with van der Waals surface area (Å²) in [5.74, 6) is -0.156. The first kappa shape index (κ1) is 22.3. The molecule has 0 bridgehead atoms. The van der Waals surface area contributed by atoms with Gasteiger partial charge in [0.25, 0.3) is 11.8 Å². The van der Waals surface area contributed by atoms with Crippen molar-refractivity contribution in [2.24, 2.45) is 14.1 Å². The zero-order chi connectivity index (χ0) is 22.5. The number of aromatic nitrogens is 3. The highest BCUT2D eigenvalue weighted by Crippen LogP contribution is 2.18. The molecule has 31 heavy (non-hydrogen) atoms. The Hall–Kier alpha value is -3.35. The zero-order valence-corrected chi connectivity index (χ0v) is 18.9. The van der Waals surface area contributed by atoms with E-state index in [4.69, 9.17) is 0 Å². The lowest BCUT2D eigenvalue weighted by molar-refractivity contribution is 0.0721. The Morgan fingerprint density at radius 2 is 1.81 bits per heavy atom. The van der Waals surface area contributed by atoms with Gasteiger partial charge < -0.3 is 14.8 Å². The summed E-state index contributed by atoms with van der Waals surface area (Å²) < 4.78 is 3.53. The molecule has 1 aromatic carbocycles. The van der Waals surface area contributed by atoms with Gasteiger partial charge in [0.1, 0.15) is 5.69 Å². The SMILES string of the molecule is Cc1nn(C)c(C)c1C(=O)N(C)[C@H](CCNC(=O)c1cccn1C)Cc1ccccc1. The number of carbonyl (C=O) groups excluding carboxylic acids is 2. The standard InChI is InChI=1S/C24H31N5O2/c1-17-22(18(2)29(5)26-17)24(31)28(4)20(16-19-10-7-6-8-11-19)13-14-25-23(30)21-12-9-15-27(21)3/h6-12,15,20H,13-14,16H2,1-5H3,(H,25,30)/t20-/m1/s1. The summed E-state index contributed by atoms with van der Waals surface area (Å²) in [7, 11) is 5.53. The van der Waals surface area contributed by atoms with Gasteiger partial charge in [0, 0.05) is 45.6 Å². The van der Waals surface area contributed by atoms with Gasteiger partial charge >= 0.3 is 0 Å². The van der Waals surface area contributed by atoms with Crippen LogP contribution in [0.25, 0.3) is 0 Å². The third kappa shape index (κ3) is 5.05. The van der Waals surface area contributed by atoms with Gasteiger partial charge in [-0.2, -0.15) is 5.10 Å². The van der Waals surface area contributed by atoms with E-state index in [1.54, 1.807) is 20.2 Å². The normalized spacial score (nSPS) is 11.9. The van der Waals surface area contributed by atoms with E-state index in [1.165, 1.54) is 0 Å². The molecule has 0 aliphatic rings. The maximum absolute atomic E-state index is 13.3. The van der Waals surface area contributed by atoms with Gasteiger partial charge in [-0.15, -0.1) is 0 Å². The summed E-state index contributed by atoms with van der Waals surface area (Å²) in [6.45, 7) is 4.25. The number of carbonyl (C=O) groups is 2. The van der Waals surface area contributed by atoms with Crippen molar-refractivity contribution in [3.63, 3.8) is 0 Å². The summed E-state index contributed by atoms with van der Waals surface area (Å²) in [6.07, 6.45) is 3.20. The van der Waals surface area contributed by atoms with Crippen LogP contribution in [-0.4, -0.2) is 50.7 Å². The van der Waals surface area contributed by atoms with E-state index in [0.717, 1.165) is 17.0 Å². The zero-order valence-electron chi connectivity index (χ0n) is 18.9. The molecule has 2 aromatic heterocycles. The van der Waals surface area contributed by atoms with Crippen molar-refractivity contribution >= 4 is 11.8 Å². The average Bonchev–Trinajstić information content (AvgIpc) is 3.29. The predicted octanol–water partition coefficient (Wildman–Crippen LogP) is 2.88. The number of hydrogen-bond donors (Lipinski definition) is 1. The second-order valence-electron chi connectivity index (χ2n) is 7.98. The molecular weight excluding hydrogens is 390 g/mol. The fraction of sp³-hybridized carbons (Fsp3) is 0.375. The van der Waals surface area contributed by atoms with Crippen molar-refractivity contribution < 1.29 is 9.59 Å². The molecule has 7 nitrogen and oxygen atoms in total. The average molecular weight is 422 g/mol. The molecule has 0 radical (unpaired) electrons. The van der Waals surface area contributed by atoms with Crippen molar-refractivity contribution in [2.75, 3.05) is 13.6 Å². The van der Waals surface area contributed by atoms with Gasteiger partial charge in [-0.25, -0.2) is 0 Å². The van der Waals surface area contributed by atoms with Crippen LogP contribution in [-0.2, 0) is 20.5 Å². The molecule has 2 heterocycles. The Labute approximate surface area is 183 Å². The van der Waals surface area contributed by atoms with Crippen LogP contribution in [0.4, 0.5) is 0 Å². The van der Waals surface area contributed by atoms with Gasteiger partial charge in [-0.1, -0.05) is 30.3 Å². The highest BCUT2D eigenvalue weighted by molar-refractivity contribution is 5.96. The van der Waals surface area contributed by atoms with Crippen LogP contribution in [0.1, 0.15) is 44.2 Å². The molecule has 0 spiro atoms. The number of amides is 2. The minimum absolute atomic E-state index is 0.0437. The quantitative estimate of drug-likeness (QED) is 0.608. The van der Waals surface area contributed by atoms with E-state index in [2.05, 4.69) is 22.5 Å². The Morgan fingerprint density at radius 1 is 1.10 bits per heavy atom. The second kappa shape index (κ2) is 9.64. The minimum Gasteiger partial charge on any atom is -0.351 e. The second-order valence-corrected chi connectivity index (χ2v) is 7.98. The molecule has 3 rings (SSSR count). The Kier molecular flexibility index (Phi) is 6.95. The van der Waals surface area contributed by atoms with E-state index in [-0.39, 0.29) is 17.9 Å². The van der Waals surface area contributed by atoms with Crippen LogP contribution in [0, 0.1) is 13.8 Å². The van der Waals surface area contributed by atoms with Gasteiger partial charge in [-0.3, -0.25) is 14.3 Å². The van der Waals surface area contributed by atoms with Crippen LogP contribution in [0.2, 0.25) is 0 Å². The van der Waals surface area contributed by atoms with Crippen LogP contribution >= 0.6 is 0 Å². The van der Waals surface area contributed by atoms with E-state index in [1.807, 2.05) is 65.5 Å². The number of aryl methyl sites for hydroxylation is 3. The third-order valence-electron chi connectivity index (χ3n) is 5.84. The monoisotopic (exact) mass is 421 g/mol. The molecule has 164 valence electrons. The lowest BCUT2D eigenvalue weighted by atomic mass is 10.0. The molecule has 1 atom stereocenters. The van der Waals surface area contributed by atoms with Crippen LogP contribution < -0.4 is 5.32 Å². The van der Waals surface area contributed by atoms with Gasteiger partial charge in [0.15, 0.2) is 0 Å². The number of nitrogens with zero attached hydrogens (tertiary/aromatic N) is 4. The van der Waals surface area contributed by atoms with Crippen molar-refractivity contribution in [1.29, 1.82) is 0 Å². The molecule has 0 saturated carbocycles. The largest absolute Gasteiger partial charge is 0.351 e. The number of rotatable bonds is 8. The molecule has 0 fully saturated rings. The van der Waals surface area contributed by atoms with Gasteiger partial charge in [-0.05, 0) is 44.4 Å². The van der Waals surface area contributed by atoms with Crippen LogP contribution in [0.3, 0.4) is 0 Å². The summed E-state index contributed by atoms with van der Waals surface area (Å²) in [6, 6.07) is 13.7. The molecule has 0 aliphatic carbocycles. The molecular formula is C24H31N5O2. The first-order chi connectivity index (χ1) is 14.8. The van der Waals surface area contributed by atoms with Crippen LogP contribution in [0.5, 0.6) is 0 Å². The molecule has 0 aliphatic heterocycles. The van der Waals surface area contributed by atoms with Crippen molar-refractivity contribution in [2.45, 2.75) is 32.7 Å². The lowest BCUT2D eigenvalue weighted by Gasteiger charge is -2.29. The van der Waals surface area contributed by atoms with Crippen molar-refractivity contribution in [3.05, 3.63) is 76.9 Å². The van der Waals surface area contributed by atoms with E-state index in [0.29, 0.717) is 30.6 Å². The van der Waals surface area contributed by atoms with E-state index in [9.17, 15) is 9.59 Å². The highest BCUT2D eigenvalue weighted by atomic mass is 16.2. The summed E-state index contributed by atoms with van der Waals surface area (Å²) in [5, 5.41) is 7.38. The number of hydrogen-bond acceptors (Lipinski definition) is 3. The van der Waals surface area contributed by atoms with Crippen molar-refractivity contribution in [1.82, 2.24) is 24.6 Å². The number of nitrogens with one attached hydrogen (secondary N) is 1. The Morgan fingerprint density at radius 3 is 2.39 bits per heavy atom. The first-order valence-corrected chi connectivity index (χ1v) is 10.5. The Bertz CT molecular complexity index is 1050. The fourth-order valence-electron chi connectivity index (χ4n) is 3.88. The molecule has 3 aromatic rings. The minimum atomic E-state index is -0.112. The van der Waals surface area contributed by atoms with Crippen molar-refractivity contribution in [3.8, 4) is 0 Å². The fourth-order valence-corrected chi connectivity index (χ4v) is 3.88. The molecule has 1 N–H and O–H groups in total. The summed E-state index contributed by atoms with van der Waals surface area (Å²) in [4.78, 5) is 27.6. The van der Waals surface area contributed by atoms with Gasteiger partial charge in [0.2, 0.25) is 0 Å². The van der Waals surface area contributed by atoms with Gasteiger partial charge in [0.05, 0.1) is 11.3 Å². The summed E-state index contributed by atoms with van der Waals surface area (Å²) in [5.41, 5.74) is 4.00. The topological polar surface area (TPSA) is 72.2 Å². The number of benzene rings is 1. The van der Waals surface area contributed by atoms with E-state index >= 15 is 0 Å². The lowest BCUT2D eigenvalue weighted by Crippen LogP contribution is -2.41. The smallest absolute Gasteiger partial charge is 0.267 e. The predicted molar refractivity (Wildman–Crippen MR) is 121 cm³/mol.